The summed E-state index contributed by atoms with van der Waals surface area (Å²) in [6.07, 6.45) is 1.62. The molecule has 0 fully saturated rings. The molecule has 0 bridgehead atoms. The van der Waals surface area contributed by atoms with Crippen LogP contribution in [0.2, 0.25) is 0 Å². The summed E-state index contributed by atoms with van der Waals surface area (Å²) in [5.41, 5.74) is 4.21. The van der Waals surface area contributed by atoms with Gasteiger partial charge in [0.25, 0.3) is 0 Å². The zero-order valence-corrected chi connectivity index (χ0v) is 14.3. The Bertz CT molecular complexity index is 949. The first-order valence-electron chi connectivity index (χ1n) is 8.01. The number of rotatable bonds is 4. The van der Waals surface area contributed by atoms with Crippen LogP contribution in [0.5, 0.6) is 0 Å². The van der Waals surface area contributed by atoms with Gasteiger partial charge in [0, 0.05) is 11.6 Å². The summed E-state index contributed by atoms with van der Waals surface area (Å²) in [4.78, 5) is 16.6. The normalized spacial score (nSPS) is 12.4. The van der Waals surface area contributed by atoms with E-state index in [1.807, 2.05) is 26.0 Å². The molecule has 25 heavy (non-hydrogen) atoms. The molecule has 0 radical (unpaired) electrons. The minimum atomic E-state index is -0.674. The molecule has 6 heteroatoms. The van der Waals surface area contributed by atoms with Crippen LogP contribution in [0.1, 0.15) is 29.7 Å². The van der Waals surface area contributed by atoms with Crippen LogP contribution < -0.4 is 5.32 Å². The SMILES string of the molecule is Cc1cc2ncn(CC(=O)N[C@H](C)c3ccc(F)cc3F)c2cc1C. The fourth-order valence-electron chi connectivity index (χ4n) is 2.81. The van der Waals surface area contributed by atoms with Gasteiger partial charge in [0.1, 0.15) is 18.2 Å². The Morgan fingerprint density at radius 2 is 1.92 bits per heavy atom. The van der Waals surface area contributed by atoms with E-state index >= 15 is 0 Å². The van der Waals surface area contributed by atoms with Crippen LogP contribution in [-0.2, 0) is 11.3 Å². The van der Waals surface area contributed by atoms with Gasteiger partial charge < -0.3 is 9.88 Å². The molecule has 0 spiro atoms. The molecule has 0 unspecified atom stereocenters. The molecular formula is C19H19F2N3O. The van der Waals surface area contributed by atoms with Crippen molar-refractivity contribution in [2.45, 2.75) is 33.4 Å². The van der Waals surface area contributed by atoms with E-state index in [4.69, 9.17) is 0 Å². The standard InChI is InChI=1S/C19H19F2N3O/c1-11-6-17-18(7-12(11)2)24(10-22-17)9-19(25)23-13(3)15-5-4-14(20)8-16(15)21/h4-8,10,13H,9H2,1-3H3,(H,23,25)/t13-/m1/s1. The lowest BCUT2D eigenvalue weighted by Gasteiger charge is -2.15. The number of hydrogen-bond donors (Lipinski definition) is 1. The summed E-state index contributed by atoms with van der Waals surface area (Å²) in [6.45, 7) is 5.75. The average molecular weight is 343 g/mol. The van der Waals surface area contributed by atoms with Crippen molar-refractivity contribution in [1.82, 2.24) is 14.9 Å². The van der Waals surface area contributed by atoms with Crippen LogP contribution >= 0.6 is 0 Å². The molecule has 0 aliphatic rings. The number of hydrogen-bond acceptors (Lipinski definition) is 2. The summed E-state index contributed by atoms with van der Waals surface area (Å²) in [6, 6.07) is 6.74. The number of aromatic nitrogens is 2. The van der Waals surface area contributed by atoms with E-state index in [1.165, 1.54) is 12.1 Å². The fraction of sp³-hybridized carbons (Fsp3) is 0.263. The summed E-state index contributed by atoms with van der Waals surface area (Å²) in [5.74, 6) is -1.59. The minimum Gasteiger partial charge on any atom is -0.348 e. The smallest absolute Gasteiger partial charge is 0.240 e. The number of imidazole rings is 1. The summed E-state index contributed by atoms with van der Waals surface area (Å²) in [7, 11) is 0. The van der Waals surface area contributed by atoms with Crippen molar-refractivity contribution in [3.8, 4) is 0 Å². The Labute approximate surface area is 144 Å². The van der Waals surface area contributed by atoms with Crippen molar-refractivity contribution >= 4 is 16.9 Å². The van der Waals surface area contributed by atoms with Gasteiger partial charge in [-0.25, -0.2) is 13.8 Å². The molecule has 1 heterocycles. The maximum absolute atomic E-state index is 13.8. The van der Waals surface area contributed by atoms with Gasteiger partial charge in [0.2, 0.25) is 5.91 Å². The molecule has 2 aromatic carbocycles. The molecule has 4 nitrogen and oxygen atoms in total. The van der Waals surface area contributed by atoms with Gasteiger partial charge >= 0.3 is 0 Å². The molecule has 3 rings (SSSR count). The van der Waals surface area contributed by atoms with Crippen LogP contribution in [0.4, 0.5) is 8.78 Å². The van der Waals surface area contributed by atoms with Crippen LogP contribution in [0, 0.1) is 25.5 Å². The van der Waals surface area contributed by atoms with E-state index in [0.717, 1.165) is 28.2 Å². The zero-order chi connectivity index (χ0) is 18.1. The van der Waals surface area contributed by atoms with E-state index in [-0.39, 0.29) is 18.0 Å². The molecule has 3 aromatic rings. The predicted molar refractivity (Wildman–Crippen MR) is 92.1 cm³/mol. The van der Waals surface area contributed by atoms with Gasteiger partial charge in [-0.2, -0.15) is 0 Å². The molecule has 1 amide bonds. The maximum Gasteiger partial charge on any atom is 0.240 e. The molecule has 0 saturated heterocycles. The van der Waals surface area contributed by atoms with Gasteiger partial charge in [-0.1, -0.05) is 6.07 Å². The Morgan fingerprint density at radius 1 is 1.20 bits per heavy atom. The van der Waals surface area contributed by atoms with Crippen molar-refractivity contribution < 1.29 is 13.6 Å². The third-order valence-corrected chi connectivity index (χ3v) is 4.36. The highest BCUT2D eigenvalue weighted by Crippen LogP contribution is 2.20. The number of carbonyl (C=O) groups is 1. The number of amides is 1. The lowest BCUT2D eigenvalue weighted by atomic mass is 10.1. The zero-order valence-electron chi connectivity index (χ0n) is 14.3. The number of benzene rings is 2. The second kappa shape index (κ2) is 6.63. The number of carbonyl (C=O) groups excluding carboxylic acids is 1. The number of aryl methyl sites for hydroxylation is 2. The van der Waals surface area contributed by atoms with Crippen molar-refractivity contribution in [2.24, 2.45) is 0 Å². The van der Waals surface area contributed by atoms with E-state index < -0.39 is 17.7 Å². The number of nitrogens with one attached hydrogen (secondary N) is 1. The van der Waals surface area contributed by atoms with Crippen LogP contribution in [0.25, 0.3) is 11.0 Å². The van der Waals surface area contributed by atoms with E-state index in [1.54, 1.807) is 17.8 Å². The molecular weight excluding hydrogens is 324 g/mol. The van der Waals surface area contributed by atoms with E-state index in [9.17, 15) is 13.6 Å². The highest BCUT2D eigenvalue weighted by Gasteiger charge is 2.15. The number of halogens is 2. The second-order valence-corrected chi connectivity index (χ2v) is 6.25. The van der Waals surface area contributed by atoms with Gasteiger partial charge in [0.05, 0.1) is 23.4 Å². The lowest BCUT2D eigenvalue weighted by Crippen LogP contribution is -2.30. The van der Waals surface area contributed by atoms with Gasteiger partial charge in [-0.05, 0) is 50.1 Å². The van der Waals surface area contributed by atoms with Gasteiger partial charge in [-0.3, -0.25) is 4.79 Å². The third kappa shape index (κ3) is 3.52. The van der Waals surface area contributed by atoms with Crippen LogP contribution in [-0.4, -0.2) is 15.5 Å². The number of nitrogens with zero attached hydrogens (tertiary/aromatic N) is 2. The Morgan fingerprint density at radius 3 is 2.64 bits per heavy atom. The fourth-order valence-corrected chi connectivity index (χ4v) is 2.81. The Balaban J connectivity index is 1.75. The largest absolute Gasteiger partial charge is 0.348 e. The lowest BCUT2D eigenvalue weighted by molar-refractivity contribution is -0.122. The number of fused-ring (bicyclic) bond motifs is 1. The molecule has 130 valence electrons. The summed E-state index contributed by atoms with van der Waals surface area (Å²) in [5, 5.41) is 2.74. The molecule has 1 N–H and O–H groups in total. The quantitative estimate of drug-likeness (QED) is 0.783. The van der Waals surface area contributed by atoms with Crippen LogP contribution in [0.3, 0.4) is 0 Å². The van der Waals surface area contributed by atoms with Crippen LogP contribution in [0.15, 0.2) is 36.7 Å². The first kappa shape index (κ1) is 17.1. The van der Waals surface area contributed by atoms with Gasteiger partial charge in [0.15, 0.2) is 0 Å². The Kier molecular flexibility index (Phi) is 4.53. The minimum absolute atomic E-state index is 0.0756. The first-order valence-corrected chi connectivity index (χ1v) is 8.01. The molecule has 0 aliphatic heterocycles. The Hall–Kier alpha value is -2.76. The first-order chi connectivity index (χ1) is 11.8. The predicted octanol–water partition coefficient (Wildman–Crippen LogP) is 3.81. The van der Waals surface area contributed by atoms with Crippen molar-refractivity contribution in [3.63, 3.8) is 0 Å². The van der Waals surface area contributed by atoms with Gasteiger partial charge in [-0.15, -0.1) is 0 Å². The summed E-state index contributed by atoms with van der Waals surface area (Å²) < 4.78 is 28.6. The van der Waals surface area contributed by atoms with Crippen molar-refractivity contribution in [2.75, 3.05) is 0 Å². The molecule has 1 atom stereocenters. The topological polar surface area (TPSA) is 46.9 Å². The van der Waals surface area contributed by atoms with Crippen molar-refractivity contribution in [3.05, 3.63) is 65.0 Å². The van der Waals surface area contributed by atoms with E-state index in [2.05, 4.69) is 10.3 Å². The third-order valence-electron chi connectivity index (χ3n) is 4.36. The van der Waals surface area contributed by atoms with Crippen molar-refractivity contribution in [1.29, 1.82) is 0 Å². The monoisotopic (exact) mass is 343 g/mol. The highest BCUT2D eigenvalue weighted by atomic mass is 19.1. The highest BCUT2D eigenvalue weighted by molar-refractivity contribution is 5.81. The molecule has 0 aliphatic carbocycles. The second-order valence-electron chi connectivity index (χ2n) is 6.25. The molecule has 0 saturated carbocycles. The maximum atomic E-state index is 13.8. The van der Waals surface area contributed by atoms with E-state index in [0.29, 0.717) is 0 Å². The molecule has 1 aromatic heterocycles. The summed E-state index contributed by atoms with van der Waals surface area (Å²) >= 11 is 0. The average Bonchev–Trinajstić information content (AvgIpc) is 2.89.